The van der Waals surface area contributed by atoms with Crippen LogP contribution in [0.5, 0.6) is 17.4 Å². The SMILES string of the molecule is CCOc1ccc(Oc2cc(CNC(=O)C(C)NC(=O)OC(C)(C)C)ccn2)cc1. The lowest BCUT2D eigenvalue weighted by atomic mass is 10.2. The van der Waals surface area contributed by atoms with Crippen LogP contribution in [0.4, 0.5) is 4.79 Å². The molecule has 1 aromatic carbocycles. The van der Waals surface area contributed by atoms with Crippen LogP contribution in [-0.2, 0) is 16.1 Å². The van der Waals surface area contributed by atoms with Gasteiger partial charge in [-0.2, -0.15) is 0 Å². The highest BCUT2D eigenvalue weighted by Gasteiger charge is 2.20. The van der Waals surface area contributed by atoms with Crippen molar-refractivity contribution >= 4 is 12.0 Å². The van der Waals surface area contributed by atoms with Gasteiger partial charge in [-0.3, -0.25) is 4.79 Å². The molecule has 2 aromatic rings. The van der Waals surface area contributed by atoms with E-state index in [4.69, 9.17) is 14.2 Å². The second-order valence-electron chi connectivity index (χ2n) is 7.59. The molecular formula is C22H29N3O5. The van der Waals surface area contributed by atoms with E-state index in [1.807, 2.05) is 19.1 Å². The summed E-state index contributed by atoms with van der Waals surface area (Å²) in [5.41, 5.74) is 0.181. The Morgan fingerprint density at radius 1 is 1.10 bits per heavy atom. The van der Waals surface area contributed by atoms with Gasteiger partial charge in [0.1, 0.15) is 23.1 Å². The molecular weight excluding hydrogens is 386 g/mol. The average Bonchev–Trinajstić information content (AvgIpc) is 2.66. The molecule has 0 saturated carbocycles. The van der Waals surface area contributed by atoms with Gasteiger partial charge >= 0.3 is 6.09 Å². The van der Waals surface area contributed by atoms with Crippen molar-refractivity contribution in [3.05, 3.63) is 48.2 Å². The summed E-state index contributed by atoms with van der Waals surface area (Å²) in [4.78, 5) is 28.2. The van der Waals surface area contributed by atoms with E-state index < -0.39 is 17.7 Å². The zero-order chi connectivity index (χ0) is 22.1. The number of ether oxygens (including phenoxy) is 3. The monoisotopic (exact) mass is 415 g/mol. The number of alkyl carbamates (subject to hydrolysis) is 1. The van der Waals surface area contributed by atoms with Gasteiger partial charge in [0.2, 0.25) is 11.8 Å². The van der Waals surface area contributed by atoms with Crippen molar-refractivity contribution in [2.75, 3.05) is 6.61 Å². The van der Waals surface area contributed by atoms with Gasteiger partial charge in [-0.25, -0.2) is 9.78 Å². The largest absolute Gasteiger partial charge is 0.494 e. The first kappa shape index (κ1) is 23.0. The first-order valence-electron chi connectivity index (χ1n) is 9.79. The van der Waals surface area contributed by atoms with E-state index in [1.54, 1.807) is 58.2 Å². The molecule has 0 bridgehead atoms. The Kier molecular flexibility index (Phi) is 8.03. The van der Waals surface area contributed by atoms with Crippen molar-refractivity contribution < 1.29 is 23.8 Å². The fourth-order valence-electron chi connectivity index (χ4n) is 2.40. The molecule has 1 aromatic heterocycles. The molecule has 1 unspecified atom stereocenters. The molecule has 0 radical (unpaired) electrons. The van der Waals surface area contributed by atoms with Crippen molar-refractivity contribution in [1.82, 2.24) is 15.6 Å². The van der Waals surface area contributed by atoms with Crippen LogP contribution in [0.15, 0.2) is 42.6 Å². The highest BCUT2D eigenvalue weighted by Crippen LogP contribution is 2.23. The maximum atomic E-state index is 12.2. The summed E-state index contributed by atoms with van der Waals surface area (Å²) in [6.07, 6.45) is 0.966. The summed E-state index contributed by atoms with van der Waals surface area (Å²) < 4.78 is 16.3. The molecule has 0 saturated heterocycles. The van der Waals surface area contributed by atoms with Gasteiger partial charge < -0.3 is 24.8 Å². The van der Waals surface area contributed by atoms with Crippen molar-refractivity contribution in [2.45, 2.75) is 52.8 Å². The molecule has 0 spiro atoms. The fraction of sp³-hybridized carbons (Fsp3) is 0.409. The van der Waals surface area contributed by atoms with E-state index in [0.717, 1.165) is 11.3 Å². The van der Waals surface area contributed by atoms with Crippen molar-refractivity contribution in [1.29, 1.82) is 0 Å². The highest BCUT2D eigenvalue weighted by molar-refractivity contribution is 5.85. The Morgan fingerprint density at radius 3 is 2.40 bits per heavy atom. The van der Waals surface area contributed by atoms with E-state index in [1.165, 1.54) is 0 Å². The van der Waals surface area contributed by atoms with E-state index in [-0.39, 0.29) is 12.5 Å². The van der Waals surface area contributed by atoms with Crippen LogP contribution >= 0.6 is 0 Å². The van der Waals surface area contributed by atoms with Crippen LogP contribution in [0.25, 0.3) is 0 Å². The zero-order valence-electron chi connectivity index (χ0n) is 18.0. The van der Waals surface area contributed by atoms with Gasteiger partial charge in [-0.1, -0.05) is 0 Å². The Bertz CT molecular complexity index is 847. The maximum Gasteiger partial charge on any atom is 0.408 e. The molecule has 30 heavy (non-hydrogen) atoms. The van der Waals surface area contributed by atoms with Crippen LogP contribution in [0, 0.1) is 0 Å². The Hall–Kier alpha value is -3.29. The third-order valence-electron chi connectivity index (χ3n) is 3.75. The number of nitrogens with one attached hydrogen (secondary N) is 2. The smallest absolute Gasteiger partial charge is 0.408 e. The first-order valence-corrected chi connectivity index (χ1v) is 9.79. The number of amides is 2. The number of benzene rings is 1. The number of hydrogen-bond donors (Lipinski definition) is 2. The topological polar surface area (TPSA) is 98.8 Å². The van der Waals surface area contributed by atoms with E-state index >= 15 is 0 Å². The van der Waals surface area contributed by atoms with Gasteiger partial charge in [0.25, 0.3) is 0 Å². The van der Waals surface area contributed by atoms with Gasteiger partial charge in [-0.15, -0.1) is 0 Å². The summed E-state index contributed by atoms with van der Waals surface area (Å²) in [6, 6.07) is 10.0. The van der Waals surface area contributed by atoms with Crippen molar-refractivity contribution in [3.8, 4) is 17.4 Å². The van der Waals surface area contributed by atoms with Crippen molar-refractivity contribution in [2.24, 2.45) is 0 Å². The Balaban J connectivity index is 1.87. The minimum Gasteiger partial charge on any atom is -0.494 e. The number of nitrogens with zero attached hydrogens (tertiary/aromatic N) is 1. The molecule has 2 rings (SSSR count). The van der Waals surface area contributed by atoms with Crippen molar-refractivity contribution in [3.63, 3.8) is 0 Å². The Labute approximate surface area is 176 Å². The lowest BCUT2D eigenvalue weighted by molar-refractivity contribution is -0.122. The molecule has 8 heteroatoms. The van der Waals surface area contributed by atoms with Gasteiger partial charge in [-0.05, 0) is 70.5 Å². The second-order valence-corrected chi connectivity index (χ2v) is 7.59. The fourth-order valence-corrected chi connectivity index (χ4v) is 2.40. The van der Waals surface area contributed by atoms with Gasteiger partial charge in [0.05, 0.1) is 6.61 Å². The van der Waals surface area contributed by atoms with Gasteiger partial charge in [0, 0.05) is 18.8 Å². The third kappa shape index (κ3) is 7.98. The van der Waals surface area contributed by atoms with Crippen LogP contribution in [0.1, 0.15) is 40.2 Å². The molecule has 0 aliphatic heterocycles. The number of carbonyl (C=O) groups is 2. The molecule has 2 N–H and O–H groups in total. The molecule has 0 aliphatic carbocycles. The lowest BCUT2D eigenvalue weighted by Gasteiger charge is -2.21. The molecule has 0 fully saturated rings. The van der Waals surface area contributed by atoms with E-state index in [0.29, 0.717) is 18.2 Å². The van der Waals surface area contributed by atoms with E-state index in [9.17, 15) is 9.59 Å². The zero-order valence-corrected chi connectivity index (χ0v) is 18.0. The molecule has 8 nitrogen and oxygen atoms in total. The summed E-state index contributed by atoms with van der Waals surface area (Å²) in [5.74, 6) is 1.48. The predicted octanol–water partition coefficient (Wildman–Crippen LogP) is 3.80. The maximum absolute atomic E-state index is 12.2. The molecule has 162 valence electrons. The molecule has 0 aliphatic rings. The number of rotatable bonds is 8. The number of aromatic nitrogens is 1. The lowest BCUT2D eigenvalue weighted by Crippen LogP contribution is -2.46. The number of pyridine rings is 1. The minimum absolute atomic E-state index is 0.265. The number of carbonyl (C=O) groups excluding carboxylic acids is 2. The second kappa shape index (κ2) is 10.5. The predicted molar refractivity (Wildman–Crippen MR) is 113 cm³/mol. The van der Waals surface area contributed by atoms with Crippen LogP contribution < -0.4 is 20.1 Å². The van der Waals surface area contributed by atoms with Crippen LogP contribution in [0.3, 0.4) is 0 Å². The van der Waals surface area contributed by atoms with Gasteiger partial charge in [0.15, 0.2) is 0 Å². The first-order chi connectivity index (χ1) is 14.2. The Morgan fingerprint density at radius 2 is 1.77 bits per heavy atom. The quantitative estimate of drug-likeness (QED) is 0.680. The highest BCUT2D eigenvalue weighted by atomic mass is 16.6. The van der Waals surface area contributed by atoms with Crippen LogP contribution in [-0.4, -0.2) is 35.2 Å². The summed E-state index contributed by atoms with van der Waals surface area (Å²) in [6.45, 7) is 9.65. The standard InChI is InChI=1S/C22H29N3O5/c1-6-28-17-7-9-18(10-8-17)29-19-13-16(11-12-23-19)14-24-20(26)15(2)25-21(27)30-22(3,4)5/h7-13,15H,6,14H2,1-5H3,(H,24,26)(H,25,27). The summed E-state index contributed by atoms with van der Waals surface area (Å²) in [5, 5.41) is 5.28. The molecule has 2 amide bonds. The number of hydrogen-bond acceptors (Lipinski definition) is 6. The summed E-state index contributed by atoms with van der Waals surface area (Å²) in [7, 11) is 0. The summed E-state index contributed by atoms with van der Waals surface area (Å²) >= 11 is 0. The normalized spacial score (nSPS) is 11.9. The van der Waals surface area contributed by atoms with E-state index in [2.05, 4.69) is 15.6 Å². The minimum atomic E-state index is -0.735. The van der Waals surface area contributed by atoms with Crippen LogP contribution in [0.2, 0.25) is 0 Å². The molecule has 1 heterocycles. The molecule has 1 atom stereocenters. The average molecular weight is 415 g/mol. The third-order valence-corrected chi connectivity index (χ3v) is 3.75.